The Balaban J connectivity index is 1.50. The van der Waals surface area contributed by atoms with Crippen molar-refractivity contribution >= 4 is 50.5 Å². The van der Waals surface area contributed by atoms with Crippen molar-refractivity contribution in [3.05, 3.63) is 66.2 Å². The number of anilines is 2. The van der Waals surface area contributed by atoms with Crippen LogP contribution in [0.4, 0.5) is 11.4 Å². The molecule has 3 heterocycles. The Hall–Kier alpha value is -2.80. The van der Waals surface area contributed by atoms with Crippen LogP contribution in [0.2, 0.25) is 0 Å². The highest BCUT2D eigenvalue weighted by molar-refractivity contribution is 8.00. The number of fused-ring (bicyclic) bond motifs is 3. The van der Waals surface area contributed by atoms with E-state index < -0.39 is 0 Å². The van der Waals surface area contributed by atoms with Gasteiger partial charge in [-0.05, 0) is 58.5 Å². The minimum atomic E-state index is 0.0666. The van der Waals surface area contributed by atoms with Gasteiger partial charge < -0.3 is 10.7 Å². The molecule has 3 aromatic carbocycles. The molecule has 0 atom stereocenters. The summed E-state index contributed by atoms with van der Waals surface area (Å²) in [6.45, 7) is 0.802. The third-order valence-electron chi connectivity index (χ3n) is 5.35. The number of rotatable bonds is 2. The molecule has 0 bridgehead atoms. The lowest BCUT2D eigenvalue weighted by atomic mass is 9.97. The molecule has 4 aromatic rings. The summed E-state index contributed by atoms with van der Waals surface area (Å²) < 4.78 is 1.30. The normalized spacial score (nSPS) is 15.0. The van der Waals surface area contributed by atoms with Crippen LogP contribution in [-0.4, -0.2) is 11.7 Å². The van der Waals surface area contributed by atoms with Gasteiger partial charge in [0.25, 0.3) is 0 Å². The van der Waals surface area contributed by atoms with E-state index in [0.29, 0.717) is 5.75 Å². The molecule has 142 valence electrons. The van der Waals surface area contributed by atoms with Crippen molar-refractivity contribution in [1.82, 2.24) is 5.43 Å². The lowest BCUT2D eigenvalue weighted by Gasteiger charge is -2.18. The lowest BCUT2D eigenvalue weighted by Crippen LogP contribution is -2.18. The van der Waals surface area contributed by atoms with E-state index in [2.05, 4.69) is 70.8 Å². The van der Waals surface area contributed by atoms with Gasteiger partial charge in [-0.1, -0.05) is 24.3 Å². The van der Waals surface area contributed by atoms with Crippen molar-refractivity contribution in [3.8, 4) is 21.6 Å². The number of thiophene rings is 1. The molecule has 1 amide bonds. The predicted octanol–water partition coefficient (Wildman–Crippen LogP) is 5.71. The van der Waals surface area contributed by atoms with Gasteiger partial charge in [0.15, 0.2) is 0 Å². The fraction of sp³-hybridized carbons (Fsp3) is 0.0870. The molecular formula is C23H17N3OS2. The number of amides is 1. The van der Waals surface area contributed by atoms with E-state index in [4.69, 9.17) is 0 Å². The highest BCUT2D eigenvalue weighted by Crippen LogP contribution is 2.43. The van der Waals surface area contributed by atoms with E-state index in [0.717, 1.165) is 17.1 Å². The number of nitrogens with one attached hydrogen (secondary N) is 3. The largest absolute Gasteiger partial charge is 0.324 e. The standard InChI is InChI=1S/C23H17N3OS2/c27-22-12-28-21-9-13(5-6-18(21)25-22)15-7-16-11-24-26-23(16)17(8-15)20-10-14-3-1-2-4-19(14)29-20/h1-10,24,26H,11-12H2,(H,25,27). The Morgan fingerprint density at radius 1 is 0.931 bits per heavy atom. The van der Waals surface area contributed by atoms with Crippen molar-refractivity contribution in [1.29, 1.82) is 0 Å². The topological polar surface area (TPSA) is 53.2 Å². The first kappa shape index (κ1) is 17.1. The van der Waals surface area contributed by atoms with Crippen LogP contribution in [0.25, 0.3) is 31.7 Å². The predicted molar refractivity (Wildman–Crippen MR) is 123 cm³/mol. The Kier molecular flexibility index (Phi) is 3.90. The van der Waals surface area contributed by atoms with E-state index in [-0.39, 0.29) is 5.91 Å². The third-order valence-corrected chi connectivity index (χ3v) is 7.56. The summed E-state index contributed by atoms with van der Waals surface area (Å²) in [6.07, 6.45) is 0. The summed E-state index contributed by atoms with van der Waals surface area (Å²) >= 11 is 3.42. The van der Waals surface area contributed by atoms with Gasteiger partial charge in [-0.3, -0.25) is 4.79 Å². The van der Waals surface area contributed by atoms with E-state index in [9.17, 15) is 4.79 Å². The van der Waals surface area contributed by atoms with Gasteiger partial charge >= 0.3 is 0 Å². The van der Waals surface area contributed by atoms with Crippen LogP contribution in [0.5, 0.6) is 0 Å². The first-order valence-corrected chi connectivity index (χ1v) is 11.3. The molecule has 6 heteroatoms. The summed E-state index contributed by atoms with van der Waals surface area (Å²) in [5.41, 5.74) is 13.6. The van der Waals surface area contributed by atoms with Gasteiger partial charge in [0.05, 0.1) is 17.1 Å². The fourth-order valence-corrected chi connectivity index (χ4v) is 5.88. The van der Waals surface area contributed by atoms with Gasteiger partial charge in [0.2, 0.25) is 5.91 Å². The van der Waals surface area contributed by atoms with Gasteiger partial charge in [-0.15, -0.1) is 23.1 Å². The highest BCUT2D eigenvalue weighted by Gasteiger charge is 2.20. The van der Waals surface area contributed by atoms with Crippen molar-refractivity contribution in [3.63, 3.8) is 0 Å². The van der Waals surface area contributed by atoms with Gasteiger partial charge in [-0.2, -0.15) is 0 Å². The van der Waals surface area contributed by atoms with Crippen molar-refractivity contribution in [2.75, 3.05) is 16.5 Å². The molecule has 0 radical (unpaired) electrons. The average Bonchev–Trinajstić information content (AvgIpc) is 3.39. The minimum absolute atomic E-state index is 0.0666. The molecule has 0 aliphatic carbocycles. The molecule has 2 aliphatic heterocycles. The Morgan fingerprint density at radius 3 is 2.79 bits per heavy atom. The van der Waals surface area contributed by atoms with Crippen molar-refractivity contribution < 1.29 is 4.79 Å². The fourth-order valence-electron chi connectivity index (χ4n) is 3.95. The zero-order valence-corrected chi connectivity index (χ0v) is 17.0. The molecule has 29 heavy (non-hydrogen) atoms. The first-order valence-electron chi connectivity index (χ1n) is 9.46. The van der Waals surface area contributed by atoms with Crippen LogP contribution in [0.3, 0.4) is 0 Å². The molecule has 1 aromatic heterocycles. The van der Waals surface area contributed by atoms with Crippen LogP contribution in [0.15, 0.2) is 65.6 Å². The molecule has 0 saturated heterocycles. The summed E-state index contributed by atoms with van der Waals surface area (Å²) in [5.74, 6) is 0.540. The van der Waals surface area contributed by atoms with E-state index in [1.807, 2.05) is 17.4 Å². The monoisotopic (exact) mass is 415 g/mol. The average molecular weight is 416 g/mol. The second kappa shape index (κ2) is 6.62. The molecule has 4 nitrogen and oxygen atoms in total. The summed E-state index contributed by atoms with van der Waals surface area (Å²) in [5, 5.41) is 4.23. The SMILES string of the molecule is O=C1CSc2cc(-c3cc4c(c(-c5cc6ccccc6s5)c3)NNC4)ccc2N1. The van der Waals surface area contributed by atoms with E-state index in [1.54, 1.807) is 11.8 Å². The molecular weight excluding hydrogens is 398 g/mol. The number of hydrazine groups is 1. The number of hydrogen-bond acceptors (Lipinski definition) is 5. The maximum atomic E-state index is 11.6. The Morgan fingerprint density at radius 2 is 1.86 bits per heavy atom. The van der Waals surface area contributed by atoms with Crippen LogP contribution in [0, 0.1) is 0 Å². The minimum Gasteiger partial charge on any atom is -0.324 e. The zero-order chi connectivity index (χ0) is 19.4. The smallest absolute Gasteiger partial charge is 0.234 e. The zero-order valence-electron chi connectivity index (χ0n) is 15.4. The van der Waals surface area contributed by atoms with Crippen molar-refractivity contribution in [2.24, 2.45) is 0 Å². The molecule has 0 saturated carbocycles. The van der Waals surface area contributed by atoms with E-state index >= 15 is 0 Å². The number of hydrogen-bond donors (Lipinski definition) is 3. The lowest BCUT2D eigenvalue weighted by molar-refractivity contribution is -0.113. The first-order chi connectivity index (χ1) is 14.2. The third kappa shape index (κ3) is 2.92. The Labute approximate surface area is 176 Å². The second-order valence-electron chi connectivity index (χ2n) is 7.23. The summed E-state index contributed by atoms with van der Waals surface area (Å²) in [7, 11) is 0. The van der Waals surface area contributed by atoms with E-state index in [1.165, 1.54) is 42.9 Å². The van der Waals surface area contributed by atoms with Gasteiger partial charge in [-0.25, -0.2) is 5.43 Å². The molecule has 6 rings (SSSR count). The van der Waals surface area contributed by atoms with Crippen LogP contribution < -0.4 is 16.2 Å². The number of thioether (sulfide) groups is 1. The summed E-state index contributed by atoms with van der Waals surface area (Å²) in [6, 6.07) is 21.6. The number of carbonyl (C=O) groups excluding carboxylic acids is 1. The number of carbonyl (C=O) groups is 1. The Bertz CT molecular complexity index is 1260. The molecule has 3 N–H and O–H groups in total. The van der Waals surface area contributed by atoms with Gasteiger partial charge in [0.1, 0.15) is 0 Å². The quantitative estimate of drug-likeness (QED) is 0.393. The molecule has 0 fully saturated rings. The van der Waals surface area contributed by atoms with Crippen molar-refractivity contribution in [2.45, 2.75) is 11.4 Å². The molecule has 2 aliphatic rings. The molecule has 0 unspecified atom stereocenters. The maximum Gasteiger partial charge on any atom is 0.234 e. The highest BCUT2D eigenvalue weighted by atomic mass is 32.2. The van der Waals surface area contributed by atoms with Crippen LogP contribution >= 0.6 is 23.1 Å². The van der Waals surface area contributed by atoms with Gasteiger partial charge in [0, 0.05) is 26.6 Å². The second-order valence-corrected chi connectivity index (χ2v) is 9.33. The summed E-state index contributed by atoms with van der Waals surface area (Å²) in [4.78, 5) is 14.0. The van der Waals surface area contributed by atoms with Crippen LogP contribution in [-0.2, 0) is 11.3 Å². The maximum absolute atomic E-state index is 11.6. The number of benzene rings is 3. The van der Waals surface area contributed by atoms with Crippen LogP contribution in [0.1, 0.15) is 5.56 Å². The molecule has 0 spiro atoms.